The van der Waals surface area contributed by atoms with Gasteiger partial charge in [-0.2, -0.15) is 0 Å². The van der Waals surface area contributed by atoms with E-state index in [0.717, 1.165) is 36.1 Å². The summed E-state index contributed by atoms with van der Waals surface area (Å²) in [4.78, 5) is 24.5. The Labute approximate surface area is 209 Å². The number of carbonyl (C=O) groups excluding carboxylic acids is 1. The molecule has 1 aliphatic heterocycles. The molecule has 0 saturated carbocycles. The van der Waals surface area contributed by atoms with Gasteiger partial charge in [0.05, 0.1) is 16.1 Å². The van der Waals surface area contributed by atoms with Gasteiger partial charge in [-0.05, 0) is 73.3 Å². The van der Waals surface area contributed by atoms with Gasteiger partial charge in [0.15, 0.2) is 0 Å². The Kier molecular flexibility index (Phi) is 6.50. The SMILES string of the molecule is Cc1cc(F)cc(-c2cnc3ccc(-c4cnccc4Cl)cc3c2C(=O)N(C)C[C@@H]2CCCN2)c1. The Morgan fingerprint density at radius 1 is 1.14 bits per heavy atom. The van der Waals surface area contributed by atoms with E-state index in [0.29, 0.717) is 39.2 Å². The Morgan fingerprint density at radius 2 is 2.00 bits per heavy atom. The minimum absolute atomic E-state index is 0.127. The number of amides is 1. The molecule has 1 aliphatic rings. The molecule has 1 atom stereocenters. The maximum Gasteiger partial charge on any atom is 0.255 e. The first-order valence-corrected chi connectivity index (χ1v) is 12.1. The van der Waals surface area contributed by atoms with E-state index in [1.807, 2.05) is 38.2 Å². The van der Waals surface area contributed by atoms with Gasteiger partial charge in [0.1, 0.15) is 5.82 Å². The van der Waals surface area contributed by atoms with E-state index >= 15 is 0 Å². The lowest BCUT2D eigenvalue weighted by molar-refractivity contribution is 0.0786. The average molecular weight is 489 g/mol. The molecule has 35 heavy (non-hydrogen) atoms. The summed E-state index contributed by atoms with van der Waals surface area (Å²) in [6.45, 7) is 3.40. The molecule has 7 heteroatoms. The molecule has 178 valence electrons. The van der Waals surface area contributed by atoms with Crippen molar-refractivity contribution in [3.8, 4) is 22.3 Å². The quantitative estimate of drug-likeness (QED) is 0.380. The second-order valence-electron chi connectivity index (χ2n) is 9.13. The predicted octanol–water partition coefficient (Wildman–Crippen LogP) is 5.89. The van der Waals surface area contributed by atoms with Crippen LogP contribution in [0.25, 0.3) is 33.2 Å². The van der Waals surface area contributed by atoms with E-state index in [1.54, 1.807) is 29.6 Å². The number of nitrogens with one attached hydrogen (secondary N) is 1. The summed E-state index contributed by atoms with van der Waals surface area (Å²) in [5, 5.41) is 4.72. The minimum atomic E-state index is -0.349. The Hall–Kier alpha value is -3.35. The zero-order chi connectivity index (χ0) is 24.5. The normalized spacial score (nSPS) is 15.5. The predicted molar refractivity (Wildman–Crippen MR) is 138 cm³/mol. The molecule has 0 radical (unpaired) electrons. The van der Waals surface area contributed by atoms with Crippen LogP contribution in [0.2, 0.25) is 5.02 Å². The van der Waals surface area contributed by atoms with E-state index in [-0.39, 0.29) is 17.8 Å². The maximum atomic E-state index is 14.4. The van der Waals surface area contributed by atoms with Crippen molar-refractivity contribution in [1.29, 1.82) is 0 Å². The van der Waals surface area contributed by atoms with Crippen molar-refractivity contribution in [2.75, 3.05) is 20.1 Å². The molecule has 0 spiro atoms. The molecule has 0 bridgehead atoms. The summed E-state index contributed by atoms with van der Waals surface area (Å²) < 4.78 is 14.4. The fourth-order valence-electron chi connectivity index (χ4n) is 4.81. The lowest BCUT2D eigenvalue weighted by Gasteiger charge is -2.24. The Bertz CT molecular complexity index is 1400. The molecule has 3 heterocycles. The van der Waals surface area contributed by atoms with Crippen LogP contribution < -0.4 is 5.32 Å². The van der Waals surface area contributed by atoms with Crippen molar-refractivity contribution in [3.63, 3.8) is 0 Å². The molecule has 4 aromatic rings. The van der Waals surface area contributed by atoms with Crippen LogP contribution in [0.4, 0.5) is 4.39 Å². The van der Waals surface area contributed by atoms with Gasteiger partial charge in [-0.3, -0.25) is 14.8 Å². The van der Waals surface area contributed by atoms with E-state index < -0.39 is 0 Å². The molecule has 1 N–H and O–H groups in total. The molecule has 1 fully saturated rings. The van der Waals surface area contributed by atoms with Crippen molar-refractivity contribution in [1.82, 2.24) is 20.2 Å². The number of halogens is 2. The minimum Gasteiger partial charge on any atom is -0.340 e. The zero-order valence-corrected chi connectivity index (χ0v) is 20.4. The highest BCUT2D eigenvalue weighted by Gasteiger charge is 2.25. The second-order valence-corrected chi connectivity index (χ2v) is 9.54. The van der Waals surface area contributed by atoms with E-state index in [9.17, 15) is 9.18 Å². The van der Waals surface area contributed by atoms with Gasteiger partial charge in [0.25, 0.3) is 5.91 Å². The van der Waals surface area contributed by atoms with Crippen LogP contribution in [0.15, 0.2) is 61.1 Å². The highest BCUT2D eigenvalue weighted by Crippen LogP contribution is 2.35. The molecule has 5 nitrogen and oxygen atoms in total. The molecular formula is C28H26ClFN4O. The highest BCUT2D eigenvalue weighted by molar-refractivity contribution is 6.33. The average Bonchev–Trinajstić information content (AvgIpc) is 3.35. The van der Waals surface area contributed by atoms with Gasteiger partial charge in [-0.25, -0.2) is 4.39 Å². The third kappa shape index (κ3) is 4.77. The molecule has 0 aliphatic carbocycles. The van der Waals surface area contributed by atoms with Gasteiger partial charge >= 0.3 is 0 Å². The number of fused-ring (bicyclic) bond motifs is 1. The van der Waals surface area contributed by atoms with Crippen LogP contribution in [0, 0.1) is 12.7 Å². The van der Waals surface area contributed by atoms with Gasteiger partial charge in [0.2, 0.25) is 0 Å². The fraction of sp³-hybridized carbons (Fsp3) is 0.250. The van der Waals surface area contributed by atoms with Crippen LogP contribution >= 0.6 is 11.6 Å². The van der Waals surface area contributed by atoms with Gasteiger partial charge in [-0.15, -0.1) is 0 Å². The number of benzene rings is 2. The second kappa shape index (κ2) is 9.72. The molecular weight excluding hydrogens is 463 g/mol. The molecule has 5 rings (SSSR count). The van der Waals surface area contributed by atoms with Gasteiger partial charge in [0, 0.05) is 54.7 Å². The number of carbonyl (C=O) groups is 1. The Morgan fingerprint density at radius 3 is 2.74 bits per heavy atom. The molecule has 1 saturated heterocycles. The molecule has 0 unspecified atom stereocenters. The molecule has 2 aromatic carbocycles. The first kappa shape index (κ1) is 23.4. The maximum absolute atomic E-state index is 14.4. The van der Waals surface area contributed by atoms with Gasteiger partial charge in [-0.1, -0.05) is 23.7 Å². The van der Waals surface area contributed by atoms with Crippen LogP contribution in [0.5, 0.6) is 0 Å². The third-order valence-electron chi connectivity index (χ3n) is 6.52. The van der Waals surface area contributed by atoms with Crippen LogP contribution in [0.1, 0.15) is 28.8 Å². The zero-order valence-electron chi connectivity index (χ0n) is 19.7. The lowest BCUT2D eigenvalue weighted by atomic mass is 9.94. The summed E-state index contributed by atoms with van der Waals surface area (Å²) in [6.07, 6.45) is 7.15. The van der Waals surface area contributed by atoms with Crippen molar-refractivity contribution < 1.29 is 9.18 Å². The number of aromatic nitrogens is 2. The van der Waals surface area contributed by atoms with Crippen molar-refractivity contribution >= 4 is 28.4 Å². The highest BCUT2D eigenvalue weighted by atomic mass is 35.5. The summed E-state index contributed by atoms with van der Waals surface area (Å²) >= 11 is 6.44. The van der Waals surface area contributed by atoms with E-state index in [4.69, 9.17) is 11.6 Å². The summed E-state index contributed by atoms with van der Waals surface area (Å²) in [6, 6.07) is 12.5. The topological polar surface area (TPSA) is 58.1 Å². The summed E-state index contributed by atoms with van der Waals surface area (Å²) in [5.74, 6) is -0.477. The van der Waals surface area contributed by atoms with E-state index in [2.05, 4.69) is 15.3 Å². The molecule has 1 amide bonds. The number of rotatable bonds is 5. The monoisotopic (exact) mass is 488 g/mol. The Balaban J connectivity index is 1.70. The first-order valence-electron chi connectivity index (χ1n) is 11.7. The number of hydrogen-bond acceptors (Lipinski definition) is 4. The van der Waals surface area contributed by atoms with Crippen LogP contribution in [-0.2, 0) is 0 Å². The standard InChI is InChI=1S/C28H26ClFN4O/c1-17-10-19(12-20(30)11-17)24-15-33-26-6-5-18(23-14-31-9-7-25(23)29)13-22(26)27(24)28(35)34(2)16-21-4-3-8-32-21/h5-7,9-15,21,32H,3-4,8,16H2,1-2H3/t21-/m0/s1. The van der Waals surface area contributed by atoms with Gasteiger partial charge < -0.3 is 10.2 Å². The third-order valence-corrected chi connectivity index (χ3v) is 6.85. The van der Waals surface area contributed by atoms with Crippen molar-refractivity contribution in [2.45, 2.75) is 25.8 Å². The number of likely N-dealkylation sites (N-methyl/N-ethyl adjacent to an activating group) is 1. The number of pyridine rings is 2. The summed E-state index contributed by atoms with van der Waals surface area (Å²) in [5.41, 5.74) is 4.79. The number of hydrogen-bond donors (Lipinski definition) is 1. The lowest BCUT2D eigenvalue weighted by Crippen LogP contribution is -2.38. The number of nitrogens with zero attached hydrogens (tertiary/aromatic N) is 3. The first-order chi connectivity index (χ1) is 16.9. The number of aryl methyl sites for hydroxylation is 1. The smallest absolute Gasteiger partial charge is 0.255 e. The van der Waals surface area contributed by atoms with Crippen molar-refractivity contribution in [2.24, 2.45) is 0 Å². The van der Waals surface area contributed by atoms with Crippen LogP contribution in [-0.4, -0.2) is 47.0 Å². The fourth-order valence-corrected chi connectivity index (χ4v) is 5.02. The van der Waals surface area contributed by atoms with Crippen LogP contribution in [0.3, 0.4) is 0 Å². The van der Waals surface area contributed by atoms with E-state index in [1.165, 1.54) is 12.1 Å². The summed E-state index contributed by atoms with van der Waals surface area (Å²) in [7, 11) is 1.82. The molecule has 2 aromatic heterocycles. The van der Waals surface area contributed by atoms with Crippen molar-refractivity contribution in [3.05, 3.63) is 83.0 Å². The largest absolute Gasteiger partial charge is 0.340 e.